The highest BCUT2D eigenvalue weighted by molar-refractivity contribution is 6.01. The van der Waals surface area contributed by atoms with Crippen LogP contribution in [0, 0.1) is 11.6 Å². The molecule has 1 aliphatic heterocycles. The molecule has 1 aliphatic carbocycles. The van der Waals surface area contributed by atoms with E-state index in [2.05, 4.69) is 32.2 Å². The van der Waals surface area contributed by atoms with E-state index >= 15 is 0 Å². The largest absolute Gasteiger partial charge is 0.471 e. The Labute approximate surface area is 204 Å². The SMILES string of the molecule is COC=O.Fc1ccc(F)cc1.O=C(NC1CCCCC1)c1cnn2ccc(N3CCCC3)cc12. The second-order valence-corrected chi connectivity index (χ2v) is 8.54. The molecule has 5 rings (SSSR count). The van der Waals surface area contributed by atoms with Gasteiger partial charge in [0.05, 0.1) is 24.4 Å². The average Bonchev–Trinajstić information content (AvgIpc) is 3.57. The number of hydrogen-bond donors (Lipinski definition) is 1. The number of nitrogens with zero attached hydrogens (tertiary/aromatic N) is 3. The lowest BCUT2D eigenvalue weighted by Gasteiger charge is -2.22. The minimum Gasteiger partial charge on any atom is -0.471 e. The van der Waals surface area contributed by atoms with E-state index in [1.165, 1.54) is 44.9 Å². The van der Waals surface area contributed by atoms with Crippen molar-refractivity contribution in [1.82, 2.24) is 14.9 Å². The van der Waals surface area contributed by atoms with E-state index in [4.69, 9.17) is 4.79 Å². The van der Waals surface area contributed by atoms with Crippen LogP contribution >= 0.6 is 0 Å². The number of nitrogens with one attached hydrogen (secondary N) is 1. The van der Waals surface area contributed by atoms with Gasteiger partial charge in [-0.05, 0) is 62.1 Å². The van der Waals surface area contributed by atoms with E-state index in [0.29, 0.717) is 18.1 Å². The number of ether oxygens (including phenoxy) is 1. The van der Waals surface area contributed by atoms with Gasteiger partial charge in [0.25, 0.3) is 12.4 Å². The fraction of sp³-hybridized carbons (Fsp3) is 0.423. The van der Waals surface area contributed by atoms with Gasteiger partial charge in [-0.25, -0.2) is 13.3 Å². The Balaban J connectivity index is 0.000000237. The Hall–Kier alpha value is -3.49. The van der Waals surface area contributed by atoms with Crippen LogP contribution in [0.4, 0.5) is 14.5 Å². The van der Waals surface area contributed by atoms with E-state index in [-0.39, 0.29) is 5.91 Å². The maximum absolute atomic E-state index is 12.6. The normalized spacial score (nSPS) is 15.5. The zero-order valence-corrected chi connectivity index (χ0v) is 20.0. The minimum absolute atomic E-state index is 0.0190. The van der Waals surface area contributed by atoms with Crippen molar-refractivity contribution in [2.75, 3.05) is 25.1 Å². The van der Waals surface area contributed by atoms with Crippen LogP contribution in [0.3, 0.4) is 0 Å². The van der Waals surface area contributed by atoms with Crippen LogP contribution in [0.25, 0.3) is 5.52 Å². The second-order valence-electron chi connectivity index (χ2n) is 8.54. The molecule has 188 valence electrons. The summed E-state index contributed by atoms with van der Waals surface area (Å²) >= 11 is 0. The Morgan fingerprint density at radius 3 is 2.20 bits per heavy atom. The third-order valence-corrected chi connectivity index (χ3v) is 6.06. The minimum atomic E-state index is -0.411. The van der Waals surface area contributed by atoms with Crippen LogP contribution in [0.1, 0.15) is 55.3 Å². The van der Waals surface area contributed by atoms with Crippen molar-refractivity contribution in [3.8, 4) is 0 Å². The van der Waals surface area contributed by atoms with Crippen LogP contribution in [0.2, 0.25) is 0 Å². The fourth-order valence-corrected chi connectivity index (χ4v) is 4.26. The summed E-state index contributed by atoms with van der Waals surface area (Å²) in [6.45, 7) is 2.59. The Bertz CT molecular complexity index is 1050. The van der Waals surface area contributed by atoms with Crippen LogP contribution < -0.4 is 10.2 Å². The zero-order chi connectivity index (χ0) is 25.0. The third-order valence-electron chi connectivity index (χ3n) is 6.06. The van der Waals surface area contributed by atoms with Crippen LogP contribution in [-0.2, 0) is 9.53 Å². The van der Waals surface area contributed by atoms with Gasteiger partial charge in [-0.3, -0.25) is 9.59 Å². The third kappa shape index (κ3) is 7.77. The molecule has 7 nitrogen and oxygen atoms in total. The highest BCUT2D eigenvalue weighted by Gasteiger charge is 2.20. The van der Waals surface area contributed by atoms with Crippen LogP contribution in [0.5, 0.6) is 0 Å². The first kappa shape index (κ1) is 26.1. The van der Waals surface area contributed by atoms with E-state index in [1.54, 1.807) is 10.7 Å². The van der Waals surface area contributed by atoms with Gasteiger partial charge in [-0.15, -0.1) is 0 Å². The standard InChI is InChI=1S/C18H24N4O.C6H4F2.C2H4O2/c23-18(20-14-6-2-1-3-7-14)16-13-19-22-11-8-15(12-17(16)22)21-9-4-5-10-21;7-5-1-2-6(8)4-3-5;1-4-2-3/h8,11-14H,1-7,9-10H2,(H,20,23);1-4H;2H,1H3. The number of halogens is 2. The van der Waals surface area contributed by atoms with Crippen molar-refractivity contribution in [3.63, 3.8) is 0 Å². The van der Waals surface area contributed by atoms with Crippen molar-refractivity contribution in [2.24, 2.45) is 0 Å². The number of hydrogen-bond acceptors (Lipinski definition) is 5. The molecule has 0 radical (unpaired) electrons. The molecule has 1 saturated carbocycles. The molecule has 3 aromatic rings. The summed E-state index contributed by atoms with van der Waals surface area (Å²) in [4.78, 5) is 24.0. The summed E-state index contributed by atoms with van der Waals surface area (Å²) in [7, 11) is 1.31. The van der Waals surface area contributed by atoms with Crippen molar-refractivity contribution in [3.05, 3.63) is 66.0 Å². The number of fused-ring (bicyclic) bond motifs is 1. The molecule has 9 heteroatoms. The van der Waals surface area contributed by atoms with Gasteiger partial charge in [0.2, 0.25) is 0 Å². The monoisotopic (exact) mass is 486 g/mol. The molecule has 35 heavy (non-hydrogen) atoms. The van der Waals surface area contributed by atoms with Gasteiger partial charge >= 0.3 is 0 Å². The molecule has 1 N–H and O–H groups in total. The zero-order valence-electron chi connectivity index (χ0n) is 20.0. The second kappa shape index (κ2) is 13.4. The van der Waals surface area contributed by atoms with Gasteiger partial charge in [0.1, 0.15) is 11.6 Å². The summed E-state index contributed by atoms with van der Waals surface area (Å²) in [6, 6.07) is 8.84. The number of rotatable bonds is 4. The molecular formula is C26H32F2N4O3. The first-order valence-electron chi connectivity index (χ1n) is 11.9. The smallest absolute Gasteiger partial charge is 0.292 e. The topological polar surface area (TPSA) is 75.9 Å². The van der Waals surface area contributed by atoms with E-state index < -0.39 is 11.6 Å². The van der Waals surface area contributed by atoms with Gasteiger partial charge in [-0.2, -0.15) is 5.10 Å². The van der Waals surface area contributed by atoms with Gasteiger partial charge < -0.3 is 15.0 Å². The maximum Gasteiger partial charge on any atom is 0.292 e. The summed E-state index contributed by atoms with van der Waals surface area (Å²) < 4.78 is 29.5. The number of methoxy groups -OCH3 is 1. The summed E-state index contributed by atoms with van der Waals surface area (Å²) in [6.07, 6.45) is 12.1. The maximum atomic E-state index is 12.6. The van der Waals surface area contributed by atoms with Crippen LogP contribution in [0.15, 0.2) is 48.8 Å². The highest BCUT2D eigenvalue weighted by atomic mass is 19.1. The molecule has 0 atom stereocenters. The predicted octanol–water partition coefficient (Wildman–Crippen LogP) is 4.75. The van der Waals surface area contributed by atoms with Crippen molar-refractivity contribution >= 4 is 23.6 Å². The van der Waals surface area contributed by atoms with Crippen LogP contribution in [-0.4, -0.2) is 48.2 Å². The number of amides is 1. The average molecular weight is 487 g/mol. The first-order valence-corrected chi connectivity index (χ1v) is 11.9. The molecule has 0 unspecified atom stereocenters. The first-order chi connectivity index (χ1) is 17.0. The van der Waals surface area contributed by atoms with Crippen molar-refractivity contribution in [1.29, 1.82) is 0 Å². The Morgan fingerprint density at radius 2 is 1.63 bits per heavy atom. The lowest BCUT2D eigenvalue weighted by molar-refractivity contribution is -0.126. The fourth-order valence-electron chi connectivity index (χ4n) is 4.26. The lowest BCUT2D eigenvalue weighted by Crippen LogP contribution is -2.36. The Morgan fingerprint density at radius 1 is 1.03 bits per heavy atom. The van der Waals surface area contributed by atoms with E-state index in [0.717, 1.165) is 55.7 Å². The molecule has 2 fully saturated rings. The van der Waals surface area contributed by atoms with E-state index in [9.17, 15) is 13.6 Å². The number of carbonyl (C=O) groups is 2. The highest BCUT2D eigenvalue weighted by Crippen LogP contribution is 2.24. The van der Waals surface area contributed by atoms with Gasteiger partial charge in [0, 0.05) is 31.0 Å². The molecule has 3 heterocycles. The molecule has 2 aromatic heterocycles. The number of pyridine rings is 1. The van der Waals surface area contributed by atoms with Crippen molar-refractivity contribution in [2.45, 2.75) is 51.0 Å². The summed E-state index contributed by atoms with van der Waals surface area (Å²) in [5, 5.41) is 7.53. The molecular weight excluding hydrogens is 454 g/mol. The quantitative estimate of drug-likeness (QED) is 0.539. The summed E-state index contributed by atoms with van der Waals surface area (Å²) in [5.41, 5.74) is 2.79. The number of anilines is 1. The molecule has 1 saturated heterocycles. The molecule has 0 bridgehead atoms. The molecule has 2 aliphatic rings. The van der Waals surface area contributed by atoms with Gasteiger partial charge in [-0.1, -0.05) is 19.3 Å². The lowest BCUT2D eigenvalue weighted by atomic mass is 9.95. The molecule has 1 amide bonds. The van der Waals surface area contributed by atoms with E-state index in [1.807, 2.05) is 6.20 Å². The predicted molar refractivity (Wildman–Crippen MR) is 130 cm³/mol. The number of aromatic nitrogens is 2. The molecule has 1 aromatic carbocycles. The number of benzene rings is 1. The number of carbonyl (C=O) groups excluding carboxylic acids is 2. The van der Waals surface area contributed by atoms with Crippen molar-refractivity contribution < 1.29 is 23.1 Å². The van der Waals surface area contributed by atoms with Gasteiger partial charge in [0.15, 0.2) is 0 Å². The summed E-state index contributed by atoms with van der Waals surface area (Å²) in [5.74, 6) is -0.803. The molecule has 0 spiro atoms. The Kier molecular flexibility index (Phi) is 10.0.